The fourth-order valence-corrected chi connectivity index (χ4v) is 5.71. The number of carboxylic acids is 1. The zero-order valence-corrected chi connectivity index (χ0v) is 50.4. The van der Waals surface area contributed by atoms with Crippen LogP contribution in [0.2, 0.25) is 0 Å². The van der Waals surface area contributed by atoms with E-state index in [0.29, 0.717) is 317 Å². The highest BCUT2D eigenvalue weighted by Crippen LogP contribution is 1.92. The molecule has 29 nitrogen and oxygen atoms in total. The Morgan fingerprint density at radius 1 is 0.229 bits per heavy atom. The Kier molecular flexibility index (Phi) is 72.1. The number of hydrogen-bond donors (Lipinski definition) is 2. The number of ether oxygens (including phenoxy) is 24. The second-order valence-corrected chi connectivity index (χ2v) is 17.0. The summed E-state index contributed by atoms with van der Waals surface area (Å²) in [6.45, 7) is 22.7. The molecular formula is C54H108N2O27. The first-order valence-electron chi connectivity index (χ1n) is 29.1. The van der Waals surface area contributed by atoms with Gasteiger partial charge in [0.15, 0.2) is 0 Å². The number of aliphatic carboxylic acids is 1. The molecule has 0 radical (unpaired) electrons. The standard InChI is InChI=1S/C54H108N2O27/c1-56(2)54(59)55-4-6-61-8-10-63-12-14-65-16-18-67-20-22-69-24-26-71-28-30-73-32-34-75-36-38-77-40-42-79-44-46-81-48-50-83-52-51-82-49-47-80-45-43-78-41-39-76-37-35-74-33-31-72-29-27-70-25-23-68-21-19-66-17-15-64-13-11-62-9-7-60-5-3-53(57)58/h3-52H2,1-2H3,(H,55,59)(H,57,58). The van der Waals surface area contributed by atoms with Gasteiger partial charge in [-0.2, -0.15) is 0 Å². The summed E-state index contributed by atoms with van der Waals surface area (Å²) in [5, 5.41) is 11.2. The lowest BCUT2D eigenvalue weighted by Crippen LogP contribution is -2.36. The van der Waals surface area contributed by atoms with Crippen LogP contribution in [0.4, 0.5) is 4.79 Å². The minimum absolute atomic E-state index is 0.0106. The summed E-state index contributed by atoms with van der Waals surface area (Å²) in [6.07, 6.45) is -0.0106. The zero-order valence-electron chi connectivity index (χ0n) is 50.4. The van der Waals surface area contributed by atoms with Gasteiger partial charge in [-0.15, -0.1) is 0 Å². The molecule has 0 aromatic rings. The van der Waals surface area contributed by atoms with E-state index in [4.69, 9.17) is 119 Å². The van der Waals surface area contributed by atoms with Gasteiger partial charge in [-0.25, -0.2) is 4.79 Å². The smallest absolute Gasteiger partial charge is 0.316 e. The van der Waals surface area contributed by atoms with Crippen molar-refractivity contribution in [3.63, 3.8) is 0 Å². The molecule has 0 bridgehead atoms. The number of hydrogen-bond acceptors (Lipinski definition) is 26. The predicted octanol–water partition coefficient (Wildman–Crippen LogP) is 0.131. The maximum Gasteiger partial charge on any atom is 0.316 e. The van der Waals surface area contributed by atoms with Gasteiger partial charge in [0.1, 0.15) is 0 Å². The highest BCUT2D eigenvalue weighted by atomic mass is 16.6. The largest absolute Gasteiger partial charge is 0.481 e. The number of amides is 2. The average molecular weight is 1220 g/mol. The van der Waals surface area contributed by atoms with E-state index in [1.165, 1.54) is 4.90 Å². The van der Waals surface area contributed by atoms with Gasteiger partial charge in [0.2, 0.25) is 0 Å². The van der Waals surface area contributed by atoms with Crippen molar-refractivity contribution in [2.75, 3.05) is 338 Å². The Morgan fingerprint density at radius 2 is 0.349 bits per heavy atom. The van der Waals surface area contributed by atoms with Crippen molar-refractivity contribution in [1.82, 2.24) is 10.2 Å². The second-order valence-electron chi connectivity index (χ2n) is 17.0. The first-order chi connectivity index (χ1) is 41.0. The third-order valence-electron chi connectivity index (χ3n) is 9.95. The summed E-state index contributed by atoms with van der Waals surface area (Å²) >= 11 is 0. The van der Waals surface area contributed by atoms with Crippen molar-refractivity contribution in [1.29, 1.82) is 0 Å². The summed E-state index contributed by atoms with van der Waals surface area (Å²) in [7, 11) is 3.37. The van der Waals surface area contributed by atoms with Crippen molar-refractivity contribution in [3.8, 4) is 0 Å². The van der Waals surface area contributed by atoms with E-state index in [0.717, 1.165) is 0 Å². The maximum absolute atomic E-state index is 11.4. The lowest BCUT2D eigenvalue weighted by atomic mass is 10.5. The van der Waals surface area contributed by atoms with Gasteiger partial charge in [0.05, 0.1) is 324 Å². The fraction of sp³-hybridized carbons (Fsp3) is 0.963. The van der Waals surface area contributed by atoms with E-state index in [9.17, 15) is 9.59 Å². The lowest BCUT2D eigenvalue weighted by molar-refractivity contribution is -0.138. The number of carbonyl (C=O) groups excluding carboxylic acids is 1. The van der Waals surface area contributed by atoms with Crippen molar-refractivity contribution in [3.05, 3.63) is 0 Å². The number of urea groups is 1. The number of carbonyl (C=O) groups is 2. The highest BCUT2D eigenvalue weighted by Gasteiger charge is 2.03. The molecule has 0 aliphatic heterocycles. The normalized spacial score (nSPS) is 11.6. The molecule has 0 aromatic heterocycles. The molecule has 0 atom stereocenters. The van der Waals surface area contributed by atoms with Crippen LogP contribution >= 0.6 is 0 Å². The van der Waals surface area contributed by atoms with Gasteiger partial charge < -0.3 is 129 Å². The van der Waals surface area contributed by atoms with Gasteiger partial charge in [0, 0.05) is 20.6 Å². The van der Waals surface area contributed by atoms with Crippen molar-refractivity contribution < 1.29 is 128 Å². The SMILES string of the molecule is CN(C)C(=O)NCCOCCOCCOCCOCCOCCOCCOCCOCCOCCOCCOCCOCCOCCOCCOCCOCCOCCOCCOCCOCCOCCOCCOCCOCCC(=O)O. The minimum Gasteiger partial charge on any atom is -0.481 e. The van der Waals surface area contributed by atoms with Crippen molar-refractivity contribution in [2.45, 2.75) is 6.42 Å². The van der Waals surface area contributed by atoms with E-state index in [1.807, 2.05) is 0 Å². The van der Waals surface area contributed by atoms with Crippen molar-refractivity contribution >= 4 is 12.0 Å². The first kappa shape index (κ1) is 80.8. The maximum atomic E-state index is 11.4. The predicted molar refractivity (Wildman–Crippen MR) is 299 cm³/mol. The molecule has 0 spiro atoms. The topological polar surface area (TPSA) is 291 Å². The number of rotatable bonds is 75. The molecule has 2 N–H and O–H groups in total. The molecule has 0 rings (SSSR count). The Labute approximate surface area is 493 Å². The molecule has 0 aliphatic carbocycles. The van der Waals surface area contributed by atoms with E-state index >= 15 is 0 Å². The monoisotopic (exact) mass is 1220 g/mol. The average Bonchev–Trinajstić information content (AvgIpc) is 3.48. The van der Waals surface area contributed by atoms with E-state index < -0.39 is 5.97 Å². The Balaban J connectivity index is 3.09. The van der Waals surface area contributed by atoms with Crippen LogP contribution in [0.25, 0.3) is 0 Å². The summed E-state index contributed by atoms with van der Waals surface area (Å²) in [4.78, 5) is 23.2. The Bertz CT molecular complexity index is 1250. The van der Waals surface area contributed by atoms with Gasteiger partial charge in [-0.05, 0) is 0 Å². The van der Waals surface area contributed by atoms with Crippen LogP contribution < -0.4 is 5.32 Å². The molecule has 83 heavy (non-hydrogen) atoms. The third-order valence-corrected chi connectivity index (χ3v) is 9.95. The second kappa shape index (κ2) is 74.0. The van der Waals surface area contributed by atoms with Crippen LogP contribution in [0.15, 0.2) is 0 Å². The van der Waals surface area contributed by atoms with Gasteiger partial charge in [-0.1, -0.05) is 0 Å². The molecule has 0 fully saturated rings. The number of nitrogens with zero attached hydrogens (tertiary/aromatic N) is 1. The van der Waals surface area contributed by atoms with Gasteiger partial charge >= 0.3 is 12.0 Å². The molecule has 29 heteroatoms. The van der Waals surface area contributed by atoms with Gasteiger partial charge in [-0.3, -0.25) is 4.79 Å². The van der Waals surface area contributed by atoms with Crippen LogP contribution in [0.3, 0.4) is 0 Å². The first-order valence-corrected chi connectivity index (χ1v) is 29.1. The zero-order chi connectivity index (χ0) is 59.8. The molecule has 0 aromatic carbocycles. The minimum atomic E-state index is -0.880. The number of carboxylic acid groups (broad SMARTS) is 1. The van der Waals surface area contributed by atoms with Crippen LogP contribution in [-0.2, 0) is 118 Å². The molecular weight excluding hydrogens is 1110 g/mol. The van der Waals surface area contributed by atoms with E-state index in [2.05, 4.69) is 5.32 Å². The van der Waals surface area contributed by atoms with E-state index in [-0.39, 0.29) is 19.1 Å². The van der Waals surface area contributed by atoms with Crippen LogP contribution in [0, 0.1) is 0 Å². The summed E-state index contributed by atoms with van der Waals surface area (Å²) < 4.78 is 131. The van der Waals surface area contributed by atoms with Crippen LogP contribution in [-0.4, -0.2) is 360 Å². The molecule has 0 aliphatic rings. The molecule has 0 saturated heterocycles. The quantitative estimate of drug-likeness (QED) is 0.0765. The lowest BCUT2D eigenvalue weighted by Gasteiger charge is -2.12. The molecule has 496 valence electrons. The van der Waals surface area contributed by atoms with Crippen molar-refractivity contribution in [2.24, 2.45) is 0 Å². The summed E-state index contributed by atoms with van der Waals surface area (Å²) in [6, 6.07) is -0.142. The van der Waals surface area contributed by atoms with E-state index in [1.54, 1.807) is 14.1 Å². The summed E-state index contributed by atoms with van der Waals surface area (Å²) in [5.74, 6) is -0.880. The fourth-order valence-electron chi connectivity index (χ4n) is 5.71. The van der Waals surface area contributed by atoms with Crippen LogP contribution in [0.1, 0.15) is 6.42 Å². The number of nitrogens with one attached hydrogen (secondary N) is 1. The highest BCUT2D eigenvalue weighted by molar-refractivity contribution is 5.73. The third kappa shape index (κ3) is 75.8. The summed E-state index contributed by atoms with van der Waals surface area (Å²) in [5.41, 5.74) is 0. The molecule has 0 heterocycles. The molecule has 2 amide bonds. The molecule has 0 saturated carbocycles. The van der Waals surface area contributed by atoms with Crippen LogP contribution in [0.5, 0.6) is 0 Å². The Morgan fingerprint density at radius 3 is 0.470 bits per heavy atom. The van der Waals surface area contributed by atoms with Gasteiger partial charge in [0.25, 0.3) is 0 Å². The molecule has 0 unspecified atom stereocenters. The Hall–Kier alpha value is -2.22.